The van der Waals surface area contributed by atoms with Crippen molar-refractivity contribution in [3.8, 4) is 0 Å². The molecule has 2 atom stereocenters. The number of carbonyl (C=O) groups is 2. The highest BCUT2D eigenvalue weighted by Gasteiger charge is 2.37. The molecule has 1 heterocycles. The van der Waals surface area contributed by atoms with Crippen molar-refractivity contribution in [2.45, 2.75) is 38.6 Å². The standard InChI is InChI=1S/C15H26N2O4/c1-11(12-5-6-12)17(8-9-21-2)15(20)16-7-3-4-13(10-16)14(18)19/h11-13H,3-10H2,1-2H3,(H,18,19). The van der Waals surface area contributed by atoms with Gasteiger partial charge in [0.2, 0.25) is 0 Å². The summed E-state index contributed by atoms with van der Waals surface area (Å²) in [6, 6.07) is 0.176. The summed E-state index contributed by atoms with van der Waals surface area (Å²) in [7, 11) is 1.63. The van der Waals surface area contributed by atoms with Gasteiger partial charge in [-0.2, -0.15) is 0 Å². The van der Waals surface area contributed by atoms with Gasteiger partial charge in [-0.1, -0.05) is 0 Å². The number of ether oxygens (including phenoxy) is 1. The number of carbonyl (C=O) groups excluding carboxylic acids is 1. The lowest BCUT2D eigenvalue weighted by Gasteiger charge is -2.38. The van der Waals surface area contributed by atoms with E-state index in [1.54, 1.807) is 12.0 Å². The smallest absolute Gasteiger partial charge is 0.320 e. The topological polar surface area (TPSA) is 70.1 Å². The van der Waals surface area contributed by atoms with Gasteiger partial charge in [0, 0.05) is 32.8 Å². The van der Waals surface area contributed by atoms with Crippen LogP contribution in [-0.2, 0) is 9.53 Å². The molecule has 0 spiro atoms. The monoisotopic (exact) mass is 298 g/mol. The third-order valence-corrected chi connectivity index (χ3v) is 4.62. The Bertz CT molecular complexity index is 384. The SMILES string of the molecule is COCCN(C(=O)N1CCCC(C(=O)O)C1)C(C)C1CC1. The zero-order valence-corrected chi connectivity index (χ0v) is 13.0. The number of carboxylic acids is 1. The second-order valence-corrected chi connectivity index (χ2v) is 6.17. The van der Waals surface area contributed by atoms with Crippen molar-refractivity contribution >= 4 is 12.0 Å². The molecule has 120 valence electrons. The molecule has 1 N–H and O–H groups in total. The number of hydrogen-bond donors (Lipinski definition) is 1. The fraction of sp³-hybridized carbons (Fsp3) is 0.867. The predicted molar refractivity (Wildman–Crippen MR) is 78.1 cm³/mol. The molecule has 21 heavy (non-hydrogen) atoms. The average molecular weight is 298 g/mol. The predicted octanol–water partition coefficient (Wildman–Crippen LogP) is 1.65. The van der Waals surface area contributed by atoms with Crippen molar-refractivity contribution < 1.29 is 19.4 Å². The van der Waals surface area contributed by atoms with Gasteiger partial charge in [0.25, 0.3) is 0 Å². The molecule has 1 saturated heterocycles. The van der Waals surface area contributed by atoms with Gasteiger partial charge in [-0.3, -0.25) is 4.79 Å². The van der Waals surface area contributed by atoms with Gasteiger partial charge in [0.05, 0.1) is 12.5 Å². The van der Waals surface area contributed by atoms with Crippen LogP contribution in [0, 0.1) is 11.8 Å². The van der Waals surface area contributed by atoms with Gasteiger partial charge in [-0.25, -0.2) is 4.79 Å². The quantitative estimate of drug-likeness (QED) is 0.809. The first-order valence-electron chi connectivity index (χ1n) is 7.82. The summed E-state index contributed by atoms with van der Waals surface area (Å²) < 4.78 is 5.11. The fourth-order valence-corrected chi connectivity index (χ4v) is 3.03. The van der Waals surface area contributed by atoms with Crippen molar-refractivity contribution in [2.24, 2.45) is 11.8 Å². The number of piperidine rings is 1. The van der Waals surface area contributed by atoms with E-state index in [1.165, 1.54) is 12.8 Å². The summed E-state index contributed by atoms with van der Waals surface area (Å²) >= 11 is 0. The molecule has 2 fully saturated rings. The number of hydrogen-bond acceptors (Lipinski definition) is 3. The van der Waals surface area contributed by atoms with Gasteiger partial charge < -0.3 is 19.6 Å². The van der Waals surface area contributed by atoms with Crippen LogP contribution in [0.25, 0.3) is 0 Å². The number of nitrogens with zero attached hydrogens (tertiary/aromatic N) is 2. The van der Waals surface area contributed by atoms with Crippen LogP contribution in [0.3, 0.4) is 0 Å². The number of rotatable bonds is 6. The highest BCUT2D eigenvalue weighted by molar-refractivity contribution is 5.77. The maximum Gasteiger partial charge on any atom is 0.320 e. The van der Waals surface area contributed by atoms with Crippen LogP contribution in [0.2, 0.25) is 0 Å². The molecule has 1 aliphatic heterocycles. The van der Waals surface area contributed by atoms with Gasteiger partial charge in [-0.05, 0) is 38.5 Å². The Hall–Kier alpha value is -1.30. The summed E-state index contributed by atoms with van der Waals surface area (Å²) in [6.07, 6.45) is 3.78. The number of likely N-dealkylation sites (tertiary alicyclic amines) is 1. The van der Waals surface area contributed by atoms with E-state index in [0.717, 1.165) is 6.42 Å². The van der Waals surface area contributed by atoms with E-state index in [2.05, 4.69) is 6.92 Å². The normalized spacial score (nSPS) is 23.7. The zero-order chi connectivity index (χ0) is 15.4. The summed E-state index contributed by atoms with van der Waals surface area (Å²) in [5, 5.41) is 9.15. The van der Waals surface area contributed by atoms with Crippen molar-refractivity contribution in [1.82, 2.24) is 9.80 Å². The minimum atomic E-state index is -0.800. The fourth-order valence-electron chi connectivity index (χ4n) is 3.03. The van der Waals surface area contributed by atoms with E-state index in [0.29, 0.717) is 38.6 Å². The molecule has 1 saturated carbocycles. The van der Waals surface area contributed by atoms with Gasteiger partial charge in [0.15, 0.2) is 0 Å². The lowest BCUT2D eigenvalue weighted by atomic mass is 9.98. The third kappa shape index (κ3) is 4.09. The Morgan fingerprint density at radius 3 is 2.67 bits per heavy atom. The highest BCUT2D eigenvalue weighted by Crippen LogP contribution is 2.35. The largest absolute Gasteiger partial charge is 0.481 e. The lowest BCUT2D eigenvalue weighted by molar-refractivity contribution is -0.143. The molecule has 2 aliphatic rings. The number of urea groups is 1. The highest BCUT2D eigenvalue weighted by atomic mass is 16.5. The van der Waals surface area contributed by atoms with Crippen molar-refractivity contribution in [3.05, 3.63) is 0 Å². The van der Waals surface area contributed by atoms with Crippen LogP contribution in [0.4, 0.5) is 4.79 Å². The van der Waals surface area contributed by atoms with Crippen LogP contribution >= 0.6 is 0 Å². The number of carboxylic acid groups (broad SMARTS) is 1. The Kier molecular flexibility index (Phi) is 5.45. The zero-order valence-electron chi connectivity index (χ0n) is 13.0. The first-order valence-corrected chi connectivity index (χ1v) is 7.82. The van der Waals surface area contributed by atoms with E-state index in [9.17, 15) is 9.59 Å². The van der Waals surface area contributed by atoms with E-state index < -0.39 is 11.9 Å². The average Bonchev–Trinajstić information content (AvgIpc) is 3.32. The van der Waals surface area contributed by atoms with Crippen LogP contribution in [0.5, 0.6) is 0 Å². The molecule has 0 aromatic carbocycles. The van der Waals surface area contributed by atoms with Crippen LogP contribution in [0.15, 0.2) is 0 Å². The second kappa shape index (κ2) is 7.11. The number of methoxy groups -OCH3 is 1. The van der Waals surface area contributed by atoms with Crippen LogP contribution < -0.4 is 0 Å². The molecule has 0 aromatic rings. The number of amides is 2. The molecule has 0 bridgehead atoms. The van der Waals surface area contributed by atoms with Gasteiger partial charge in [0.1, 0.15) is 0 Å². The van der Waals surface area contributed by atoms with Crippen molar-refractivity contribution in [2.75, 3.05) is 33.4 Å². The Labute approximate surface area is 126 Å². The van der Waals surface area contributed by atoms with E-state index in [4.69, 9.17) is 9.84 Å². The van der Waals surface area contributed by atoms with E-state index >= 15 is 0 Å². The maximum atomic E-state index is 12.7. The molecule has 0 aromatic heterocycles. The van der Waals surface area contributed by atoms with E-state index in [1.807, 2.05) is 4.90 Å². The minimum Gasteiger partial charge on any atom is -0.481 e. The third-order valence-electron chi connectivity index (χ3n) is 4.62. The summed E-state index contributed by atoms with van der Waals surface area (Å²) in [6.45, 7) is 4.16. The molecular weight excluding hydrogens is 272 g/mol. The number of aliphatic carboxylic acids is 1. The molecule has 1 aliphatic carbocycles. The Balaban J connectivity index is 2.00. The van der Waals surface area contributed by atoms with Gasteiger partial charge >= 0.3 is 12.0 Å². The molecule has 2 amide bonds. The summed E-state index contributed by atoms with van der Waals surface area (Å²) in [5.41, 5.74) is 0. The summed E-state index contributed by atoms with van der Waals surface area (Å²) in [4.78, 5) is 27.5. The maximum absolute atomic E-state index is 12.7. The molecule has 2 unspecified atom stereocenters. The second-order valence-electron chi connectivity index (χ2n) is 6.17. The molecule has 0 radical (unpaired) electrons. The van der Waals surface area contributed by atoms with Gasteiger partial charge in [-0.15, -0.1) is 0 Å². The molecule has 6 heteroatoms. The lowest BCUT2D eigenvalue weighted by Crippen LogP contribution is -2.52. The van der Waals surface area contributed by atoms with Crippen LogP contribution in [0.1, 0.15) is 32.6 Å². The molecular formula is C15H26N2O4. The Morgan fingerprint density at radius 1 is 1.38 bits per heavy atom. The Morgan fingerprint density at radius 2 is 2.10 bits per heavy atom. The first kappa shape index (κ1) is 16.1. The van der Waals surface area contributed by atoms with Crippen molar-refractivity contribution in [3.63, 3.8) is 0 Å². The summed E-state index contributed by atoms with van der Waals surface area (Å²) in [5.74, 6) is -0.639. The molecule has 6 nitrogen and oxygen atoms in total. The van der Waals surface area contributed by atoms with Crippen molar-refractivity contribution in [1.29, 1.82) is 0 Å². The van der Waals surface area contributed by atoms with E-state index in [-0.39, 0.29) is 12.1 Å². The van der Waals surface area contributed by atoms with Crippen LogP contribution in [-0.4, -0.2) is 66.3 Å². The molecule has 2 rings (SSSR count). The minimum absolute atomic E-state index is 0.0302. The first-order chi connectivity index (χ1) is 10.0.